The Kier molecular flexibility index (Phi) is 6.49. The molecular formula is C27H41FN2O. The normalized spacial score (nSPS) is 41.8. The fraction of sp³-hybridized carbons (Fsp3) is 0.741. The number of halogens is 1. The Morgan fingerprint density at radius 3 is 2.48 bits per heavy atom. The van der Waals surface area contributed by atoms with Gasteiger partial charge in [-0.3, -0.25) is 9.18 Å². The molecule has 0 aromatic rings. The van der Waals surface area contributed by atoms with Crippen molar-refractivity contribution in [3.05, 3.63) is 36.5 Å². The van der Waals surface area contributed by atoms with Crippen LogP contribution in [0.2, 0.25) is 0 Å². The second-order valence-corrected chi connectivity index (χ2v) is 11.3. The van der Waals surface area contributed by atoms with Gasteiger partial charge in [-0.2, -0.15) is 0 Å². The van der Waals surface area contributed by atoms with Crippen molar-refractivity contribution in [1.29, 1.82) is 0 Å². The molecule has 0 heterocycles. The third-order valence-electron chi connectivity index (χ3n) is 9.09. The van der Waals surface area contributed by atoms with Gasteiger partial charge in [0.25, 0.3) is 0 Å². The molecule has 0 aliphatic heterocycles. The minimum absolute atomic E-state index is 0.0416. The molecule has 1 amide bonds. The molecule has 3 nitrogen and oxygen atoms in total. The second-order valence-electron chi connectivity index (χ2n) is 11.3. The SMILES string of the molecule is C=C(/C=C\C=C/C)[C@]12CC3CC(C(=O)N[C@H]4CC[C@H](CN)CC4)(C[C@](CCF)(C3)C1)C2. The molecule has 4 bridgehead atoms. The van der Waals surface area contributed by atoms with Crippen LogP contribution in [-0.2, 0) is 4.79 Å². The van der Waals surface area contributed by atoms with Gasteiger partial charge >= 0.3 is 0 Å². The molecular weight excluding hydrogens is 387 g/mol. The zero-order valence-electron chi connectivity index (χ0n) is 19.3. The van der Waals surface area contributed by atoms with Crippen molar-refractivity contribution in [3.8, 4) is 0 Å². The topological polar surface area (TPSA) is 55.1 Å². The Balaban J connectivity index is 1.57. The fourth-order valence-corrected chi connectivity index (χ4v) is 8.07. The first kappa shape index (κ1) is 22.8. The van der Waals surface area contributed by atoms with Crippen molar-refractivity contribution in [1.82, 2.24) is 5.32 Å². The van der Waals surface area contributed by atoms with Crippen LogP contribution in [0.3, 0.4) is 0 Å². The van der Waals surface area contributed by atoms with Crippen LogP contribution in [0, 0.1) is 28.1 Å². The Morgan fingerprint density at radius 1 is 1.10 bits per heavy atom. The van der Waals surface area contributed by atoms with E-state index in [4.69, 9.17) is 5.73 Å². The number of hydrogen-bond acceptors (Lipinski definition) is 2. The van der Waals surface area contributed by atoms with Gasteiger partial charge in [0.05, 0.1) is 12.1 Å². The van der Waals surface area contributed by atoms with Crippen LogP contribution in [0.5, 0.6) is 0 Å². The maximum absolute atomic E-state index is 13.8. The van der Waals surface area contributed by atoms with Gasteiger partial charge in [-0.15, -0.1) is 0 Å². The van der Waals surface area contributed by atoms with Gasteiger partial charge in [0.1, 0.15) is 0 Å². The van der Waals surface area contributed by atoms with E-state index >= 15 is 0 Å². The third kappa shape index (κ3) is 4.29. The Morgan fingerprint density at radius 2 is 1.81 bits per heavy atom. The number of carbonyl (C=O) groups is 1. The fourth-order valence-electron chi connectivity index (χ4n) is 8.07. The van der Waals surface area contributed by atoms with Gasteiger partial charge in [-0.25, -0.2) is 0 Å². The molecule has 31 heavy (non-hydrogen) atoms. The summed E-state index contributed by atoms with van der Waals surface area (Å²) in [4.78, 5) is 13.8. The molecule has 5 rings (SSSR count). The molecule has 0 radical (unpaired) electrons. The lowest BCUT2D eigenvalue weighted by Crippen LogP contribution is -2.62. The maximum atomic E-state index is 13.8. The summed E-state index contributed by atoms with van der Waals surface area (Å²) >= 11 is 0. The molecule has 5 aliphatic carbocycles. The quantitative estimate of drug-likeness (QED) is 0.493. The van der Waals surface area contributed by atoms with E-state index in [0.717, 1.165) is 76.3 Å². The average Bonchev–Trinajstić information content (AvgIpc) is 2.73. The highest BCUT2D eigenvalue weighted by Crippen LogP contribution is 2.72. The van der Waals surface area contributed by atoms with Gasteiger partial charge < -0.3 is 11.1 Å². The third-order valence-corrected chi connectivity index (χ3v) is 9.09. The Bertz CT molecular complexity index is 752. The lowest BCUT2D eigenvalue weighted by molar-refractivity contribution is -0.172. The number of allylic oxidation sites excluding steroid dienone is 5. The molecule has 0 aromatic heterocycles. The number of amides is 1. The largest absolute Gasteiger partial charge is 0.353 e. The average molecular weight is 429 g/mol. The van der Waals surface area contributed by atoms with E-state index < -0.39 is 0 Å². The molecule has 5 aliphatic rings. The molecule has 5 fully saturated rings. The first-order valence-electron chi connectivity index (χ1n) is 12.4. The Hall–Kier alpha value is -1.42. The van der Waals surface area contributed by atoms with Crippen molar-refractivity contribution < 1.29 is 9.18 Å². The molecule has 4 heteroatoms. The van der Waals surface area contributed by atoms with Crippen LogP contribution >= 0.6 is 0 Å². The van der Waals surface area contributed by atoms with Gasteiger partial charge in [-0.1, -0.05) is 30.9 Å². The second kappa shape index (κ2) is 8.84. The smallest absolute Gasteiger partial charge is 0.226 e. The van der Waals surface area contributed by atoms with Gasteiger partial charge in [0.2, 0.25) is 5.91 Å². The monoisotopic (exact) mass is 428 g/mol. The number of nitrogens with one attached hydrogen (secondary N) is 1. The summed E-state index contributed by atoms with van der Waals surface area (Å²) < 4.78 is 13.7. The van der Waals surface area contributed by atoms with Gasteiger partial charge in [0.15, 0.2) is 0 Å². The first-order chi connectivity index (χ1) is 14.9. The summed E-state index contributed by atoms with van der Waals surface area (Å²) in [5.41, 5.74) is 6.54. The van der Waals surface area contributed by atoms with Gasteiger partial charge in [0, 0.05) is 6.04 Å². The highest BCUT2D eigenvalue weighted by atomic mass is 19.1. The number of carbonyl (C=O) groups excluding carboxylic acids is 1. The van der Waals surface area contributed by atoms with E-state index in [-0.39, 0.29) is 34.9 Å². The van der Waals surface area contributed by atoms with E-state index in [1.165, 1.54) is 0 Å². The zero-order chi connectivity index (χ0) is 22.1. The van der Waals surface area contributed by atoms with Crippen LogP contribution in [0.4, 0.5) is 4.39 Å². The van der Waals surface area contributed by atoms with Crippen molar-refractivity contribution in [2.24, 2.45) is 33.8 Å². The highest BCUT2D eigenvalue weighted by Gasteiger charge is 2.65. The molecule has 0 saturated heterocycles. The van der Waals surface area contributed by atoms with Gasteiger partial charge in [-0.05, 0) is 112 Å². The van der Waals surface area contributed by atoms with Crippen LogP contribution in [-0.4, -0.2) is 25.2 Å². The van der Waals surface area contributed by atoms with Crippen LogP contribution in [0.15, 0.2) is 36.5 Å². The van der Waals surface area contributed by atoms with E-state index in [1.54, 1.807) is 0 Å². The minimum Gasteiger partial charge on any atom is -0.353 e. The molecule has 5 saturated carbocycles. The summed E-state index contributed by atoms with van der Waals surface area (Å²) in [5, 5.41) is 3.46. The van der Waals surface area contributed by atoms with E-state index in [0.29, 0.717) is 18.3 Å². The van der Waals surface area contributed by atoms with E-state index in [2.05, 4.69) is 24.0 Å². The summed E-state index contributed by atoms with van der Waals surface area (Å²) in [7, 11) is 0. The predicted octanol–water partition coefficient (Wildman–Crippen LogP) is 5.63. The highest BCUT2D eigenvalue weighted by molar-refractivity contribution is 5.84. The first-order valence-corrected chi connectivity index (χ1v) is 12.4. The molecule has 0 aromatic carbocycles. The zero-order valence-corrected chi connectivity index (χ0v) is 19.3. The van der Waals surface area contributed by atoms with Crippen molar-refractivity contribution in [3.63, 3.8) is 0 Å². The summed E-state index contributed by atoms with van der Waals surface area (Å²) in [5.74, 6) is 1.36. The van der Waals surface area contributed by atoms with E-state index in [9.17, 15) is 9.18 Å². The van der Waals surface area contributed by atoms with Crippen molar-refractivity contribution >= 4 is 5.91 Å². The van der Waals surface area contributed by atoms with Crippen LogP contribution in [0.25, 0.3) is 0 Å². The summed E-state index contributed by atoms with van der Waals surface area (Å²) in [6.45, 7) is 6.95. The van der Waals surface area contributed by atoms with E-state index in [1.807, 2.05) is 19.1 Å². The minimum atomic E-state index is -0.351. The molecule has 3 N–H and O–H groups in total. The Labute approximate surface area is 187 Å². The molecule has 172 valence electrons. The lowest BCUT2D eigenvalue weighted by atomic mass is 9.37. The standard InChI is InChI=1S/C27H41FN2O/c1-3-4-5-6-20(2)26-14-22-13-25(17-26,11-12-28)18-27(15-22,19-26)24(31)30-23-9-7-21(16-29)8-10-23/h3-6,21-23H,2,7-19,29H2,1H3,(H,30,31)/b4-3-,6-5-/t21-,22?,23-,25-,26-,27?/m1/s1. The van der Waals surface area contributed by atoms with Crippen LogP contribution in [0.1, 0.15) is 77.6 Å². The number of alkyl halides is 1. The number of hydrogen-bond donors (Lipinski definition) is 2. The maximum Gasteiger partial charge on any atom is 0.226 e. The molecule has 0 spiro atoms. The van der Waals surface area contributed by atoms with Crippen molar-refractivity contribution in [2.45, 2.75) is 83.6 Å². The number of rotatable bonds is 8. The van der Waals surface area contributed by atoms with Crippen molar-refractivity contribution in [2.75, 3.05) is 13.2 Å². The van der Waals surface area contributed by atoms with Crippen LogP contribution < -0.4 is 11.1 Å². The summed E-state index contributed by atoms with van der Waals surface area (Å²) in [6.07, 6.45) is 19.0. The summed E-state index contributed by atoms with van der Waals surface area (Å²) in [6, 6.07) is 0.272. The molecule has 4 atom stereocenters. The number of nitrogens with two attached hydrogens (primary N) is 1. The molecule has 2 unspecified atom stereocenters. The predicted molar refractivity (Wildman–Crippen MR) is 125 cm³/mol. The lowest BCUT2D eigenvalue weighted by Gasteiger charge is -2.66.